The van der Waals surface area contributed by atoms with Gasteiger partial charge in [0.2, 0.25) is 0 Å². The molecule has 2 N–H and O–H groups in total. The molecule has 1 aromatic rings. The van der Waals surface area contributed by atoms with Gasteiger partial charge in [0.25, 0.3) is 5.91 Å². The van der Waals surface area contributed by atoms with E-state index in [2.05, 4.69) is 5.32 Å². The number of nitrogens with one attached hydrogen (secondary N) is 1. The Balaban J connectivity index is 2.54. The third kappa shape index (κ3) is 5.53. The Labute approximate surface area is 124 Å². The summed E-state index contributed by atoms with van der Waals surface area (Å²) in [6.45, 7) is 6.62. The third-order valence-electron chi connectivity index (χ3n) is 2.89. The molecule has 0 bridgehead atoms. The zero-order chi connectivity index (χ0) is 15.8. The van der Waals surface area contributed by atoms with Gasteiger partial charge in [-0.3, -0.25) is 4.79 Å². The van der Waals surface area contributed by atoms with E-state index in [4.69, 9.17) is 14.6 Å². The van der Waals surface area contributed by atoms with Crippen molar-refractivity contribution in [3.63, 3.8) is 0 Å². The van der Waals surface area contributed by atoms with Crippen LogP contribution in [0.25, 0.3) is 0 Å². The summed E-state index contributed by atoms with van der Waals surface area (Å²) < 4.78 is 10.5. The van der Waals surface area contributed by atoms with E-state index < -0.39 is 12.1 Å². The predicted octanol–water partition coefficient (Wildman–Crippen LogP) is 2.07. The Hall–Kier alpha value is -1.92. The number of ether oxygens (including phenoxy) is 2. The summed E-state index contributed by atoms with van der Waals surface area (Å²) in [5, 5.41) is 11.6. The topological polar surface area (TPSA) is 84.9 Å². The highest BCUT2D eigenvalue weighted by atomic mass is 16.5. The highest BCUT2D eigenvalue weighted by Crippen LogP contribution is 2.15. The second kappa shape index (κ2) is 8.39. The van der Waals surface area contributed by atoms with Crippen LogP contribution in [0.2, 0.25) is 0 Å². The standard InChI is InChI=1S/C15H21NO5/c1-4-20-7-8-21-11(3)14(17)16-12-5-6-13(15(18)19)10(2)9-12/h5-6,9,11H,4,7-8H2,1-3H3,(H,16,17)(H,18,19)/t11-/m1/s1. The summed E-state index contributed by atoms with van der Waals surface area (Å²) >= 11 is 0. The van der Waals surface area contributed by atoms with Gasteiger partial charge in [0.1, 0.15) is 6.10 Å². The predicted molar refractivity (Wildman–Crippen MR) is 78.7 cm³/mol. The van der Waals surface area contributed by atoms with Crippen LogP contribution in [0.4, 0.5) is 5.69 Å². The normalized spacial score (nSPS) is 12.0. The molecule has 6 heteroatoms. The largest absolute Gasteiger partial charge is 0.478 e. The van der Waals surface area contributed by atoms with E-state index in [0.29, 0.717) is 31.1 Å². The Morgan fingerprint density at radius 2 is 2.05 bits per heavy atom. The van der Waals surface area contributed by atoms with E-state index in [1.807, 2.05) is 6.92 Å². The highest BCUT2D eigenvalue weighted by Gasteiger charge is 2.14. The van der Waals surface area contributed by atoms with Crippen LogP contribution in [0, 0.1) is 6.92 Å². The van der Waals surface area contributed by atoms with E-state index in [1.165, 1.54) is 6.07 Å². The van der Waals surface area contributed by atoms with Gasteiger partial charge in [0, 0.05) is 12.3 Å². The first-order chi connectivity index (χ1) is 9.95. The number of hydrogen-bond donors (Lipinski definition) is 2. The molecular weight excluding hydrogens is 274 g/mol. The van der Waals surface area contributed by atoms with Crippen LogP contribution in [0.3, 0.4) is 0 Å². The van der Waals surface area contributed by atoms with E-state index in [9.17, 15) is 9.59 Å². The maximum atomic E-state index is 11.9. The first-order valence-corrected chi connectivity index (χ1v) is 6.79. The fraction of sp³-hybridized carbons (Fsp3) is 0.467. The lowest BCUT2D eigenvalue weighted by Gasteiger charge is -2.14. The van der Waals surface area contributed by atoms with Crippen LogP contribution < -0.4 is 5.32 Å². The Morgan fingerprint density at radius 3 is 2.62 bits per heavy atom. The molecule has 1 atom stereocenters. The van der Waals surface area contributed by atoms with E-state index in [1.54, 1.807) is 26.0 Å². The van der Waals surface area contributed by atoms with Crippen molar-refractivity contribution in [1.82, 2.24) is 0 Å². The van der Waals surface area contributed by atoms with Gasteiger partial charge < -0.3 is 19.9 Å². The Bertz CT molecular complexity index is 501. The van der Waals surface area contributed by atoms with E-state index >= 15 is 0 Å². The van der Waals surface area contributed by atoms with Gasteiger partial charge in [-0.1, -0.05) is 0 Å². The van der Waals surface area contributed by atoms with Gasteiger partial charge in [0.05, 0.1) is 18.8 Å². The molecule has 0 spiro atoms. The molecule has 1 rings (SSSR count). The molecule has 1 amide bonds. The minimum Gasteiger partial charge on any atom is -0.478 e. The monoisotopic (exact) mass is 295 g/mol. The molecule has 0 saturated heterocycles. The van der Waals surface area contributed by atoms with Gasteiger partial charge in [-0.2, -0.15) is 0 Å². The summed E-state index contributed by atoms with van der Waals surface area (Å²) in [7, 11) is 0. The Kier molecular flexibility index (Phi) is 6.84. The molecule has 21 heavy (non-hydrogen) atoms. The molecule has 0 heterocycles. The van der Waals surface area contributed by atoms with Crippen LogP contribution in [0.1, 0.15) is 29.8 Å². The molecule has 1 aromatic carbocycles. The Morgan fingerprint density at radius 1 is 1.33 bits per heavy atom. The number of aromatic carboxylic acids is 1. The van der Waals surface area contributed by atoms with Crippen molar-refractivity contribution in [2.45, 2.75) is 26.9 Å². The average Bonchev–Trinajstić information content (AvgIpc) is 2.43. The maximum Gasteiger partial charge on any atom is 0.335 e. The van der Waals surface area contributed by atoms with Crippen molar-refractivity contribution in [2.75, 3.05) is 25.1 Å². The van der Waals surface area contributed by atoms with Crippen molar-refractivity contribution >= 4 is 17.6 Å². The molecule has 6 nitrogen and oxygen atoms in total. The molecule has 0 saturated carbocycles. The molecule has 0 aromatic heterocycles. The van der Waals surface area contributed by atoms with Crippen molar-refractivity contribution < 1.29 is 24.2 Å². The molecule has 0 radical (unpaired) electrons. The van der Waals surface area contributed by atoms with E-state index in [0.717, 1.165) is 0 Å². The molecule has 0 aliphatic carbocycles. The number of carboxylic acids is 1. The van der Waals surface area contributed by atoms with Crippen LogP contribution in [-0.2, 0) is 14.3 Å². The molecular formula is C15H21NO5. The smallest absolute Gasteiger partial charge is 0.335 e. The van der Waals surface area contributed by atoms with Gasteiger partial charge in [-0.15, -0.1) is 0 Å². The third-order valence-corrected chi connectivity index (χ3v) is 2.89. The number of amides is 1. The summed E-state index contributed by atoms with van der Waals surface area (Å²) in [5.41, 5.74) is 1.35. The van der Waals surface area contributed by atoms with Crippen LogP contribution in [0.15, 0.2) is 18.2 Å². The first-order valence-electron chi connectivity index (χ1n) is 6.79. The number of carboxylic acid groups (broad SMARTS) is 1. The number of carbonyl (C=O) groups is 2. The SMILES string of the molecule is CCOCCO[C@H](C)C(=O)Nc1ccc(C(=O)O)c(C)c1. The fourth-order valence-electron chi connectivity index (χ4n) is 1.73. The maximum absolute atomic E-state index is 11.9. The number of aryl methyl sites for hydroxylation is 1. The average molecular weight is 295 g/mol. The summed E-state index contributed by atoms with van der Waals surface area (Å²) in [6.07, 6.45) is -0.607. The van der Waals surface area contributed by atoms with Crippen LogP contribution in [-0.4, -0.2) is 42.9 Å². The van der Waals surface area contributed by atoms with Gasteiger partial charge in [-0.05, 0) is 44.5 Å². The molecule has 0 fully saturated rings. The molecule has 0 unspecified atom stereocenters. The van der Waals surface area contributed by atoms with Crippen LogP contribution in [0.5, 0.6) is 0 Å². The van der Waals surface area contributed by atoms with Crippen LogP contribution >= 0.6 is 0 Å². The lowest BCUT2D eigenvalue weighted by atomic mass is 10.1. The quantitative estimate of drug-likeness (QED) is 0.717. The minimum atomic E-state index is -0.988. The molecule has 0 aliphatic heterocycles. The zero-order valence-electron chi connectivity index (χ0n) is 12.5. The van der Waals surface area contributed by atoms with Gasteiger partial charge in [-0.25, -0.2) is 4.79 Å². The number of anilines is 1. The summed E-state index contributed by atoms with van der Waals surface area (Å²) in [4.78, 5) is 22.8. The van der Waals surface area contributed by atoms with Gasteiger partial charge in [0.15, 0.2) is 0 Å². The summed E-state index contributed by atoms with van der Waals surface area (Å²) in [5.74, 6) is -1.27. The number of hydrogen-bond acceptors (Lipinski definition) is 4. The molecule has 116 valence electrons. The highest BCUT2D eigenvalue weighted by molar-refractivity contribution is 5.95. The second-order valence-electron chi connectivity index (χ2n) is 4.53. The first kappa shape index (κ1) is 17.1. The molecule has 0 aliphatic rings. The van der Waals surface area contributed by atoms with Gasteiger partial charge >= 0.3 is 5.97 Å². The fourth-order valence-corrected chi connectivity index (χ4v) is 1.73. The van der Waals surface area contributed by atoms with Crippen molar-refractivity contribution in [2.24, 2.45) is 0 Å². The van der Waals surface area contributed by atoms with Crippen molar-refractivity contribution in [3.8, 4) is 0 Å². The minimum absolute atomic E-state index is 0.217. The second-order valence-corrected chi connectivity index (χ2v) is 4.53. The van der Waals surface area contributed by atoms with Crippen molar-refractivity contribution in [1.29, 1.82) is 0 Å². The lowest BCUT2D eigenvalue weighted by Crippen LogP contribution is -2.29. The lowest BCUT2D eigenvalue weighted by molar-refractivity contribution is -0.127. The number of rotatable bonds is 8. The zero-order valence-corrected chi connectivity index (χ0v) is 12.5. The summed E-state index contributed by atoms with van der Waals surface area (Å²) in [6, 6.07) is 4.64. The van der Waals surface area contributed by atoms with Crippen molar-refractivity contribution in [3.05, 3.63) is 29.3 Å². The van der Waals surface area contributed by atoms with E-state index in [-0.39, 0.29) is 11.5 Å². The number of benzene rings is 1. The number of carbonyl (C=O) groups excluding carboxylic acids is 1.